The van der Waals surface area contributed by atoms with E-state index in [-0.39, 0.29) is 0 Å². The lowest BCUT2D eigenvalue weighted by atomic mass is 10.2. The summed E-state index contributed by atoms with van der Waals surface area (Å²) in [6.45, 7) is 4.89. The van der Waals surface area contributed by atoms with Crippen LogP contribution in [0.4, 0.5) is 5.69 Å². The third-order valence-corrected chi connectivity index (χ3v) is 1.51. The van der Waals surface area contributed by atoms with Gasteiger partial charge in [0.05, 0.1) is 12.3 Å². The zero-order valence-corrected chi connectivity index (χ0v) is 7.63. The van der Waals surface area contributed by atoms with Crippen molar-refractivity contribution in [3.05, 3.63) is 29.8 Å². The first kappa shape index (κ1) is 9.07. The Kier molecular flexibility index (Phi) is 3.61. The maximum Gasteiger partial charge on any atom is 0.0743 e. The number of hydrogen-bond acceptors (Lipinski definition) is 2. The lowest BCUT2D eigenvalue weighted by Gasteiger charge is -2.05. The maximum absolute atomic E-state index is 5.17. The van der Waals surface area contributed by atoms with Crippen LogP contribution >= 0.6 is 0 Å². The molecule has 2 heteroatoms. The molecule has 1 aromatic carbocycles. The van der Waals surface area contributed by atoms with Gasteiger partial charge >= 0.3 is 0 Å². The van der Waals surface area contributed by atoms with Crippen LogP contribution in [0.2, 0.25) is 0 Å². The molecule has 1 N–H and O–H groups in total. The Morgan fingerprint density at radius 2 is 2.25 bits per heavy atom. The van der Waals surface area contributed by atoms with Gasteiger partial charge in [-0.25, -0.2) is 0 Å². The van der Waals surface area contributed by atoms with E-state index in [0.29, 0.717) is 0 Å². The van der Waals surface area contributed by atoms with Gasteiger partial charge in [0, 0.05) is 0 Å². The summed E-state index contributed by atoms with van der Waals surface area (Å²) < 4.78 is 0. The Hall–Kier alpha value is -1.02. The van der Waals surface area contributed by atoms with E-state index < -0.39 is 0 Å². The molecule has 1 rings (SSSR count). The van der Waals surface area contributed by atoms with Crippen molar-refractivity contribution in [3.8, 4) is 0 Å². The van der Waals surface area contributed by atoms with Crippen LogP contribution in [0.3, 0.4) is 0 Å². The van der Waals surface area contributed by atoms with Crippen LogP contribution < -0.4 is 5.48 Å². The Morgan fingerprint density at radius 1 is 1.42 bits per heavy atom. The monoisotopic (exact) mass is 165 g/mol. The fraction of sp³-hybridized carbons (Fsp3) is 0.400. The summed E-state index contributed by atoms with van der Waals surface area (Å²) in [6, 6.07) is 8.11. The number of rotatable bonds is 4. The van der Waals surface area contributed by atoms with Crippen LogP contribution in [-0.4, -0.2) is 6.61 Å². The average molecular weight is 165 g/mol. The van der Waals surface area contributed by atoms with E-state index in [1.54, 1.807) is 0 Å². The Morgan fingerprint density at radius 3 is 2.92 bits per heavy atom. The van der Waals surface area contributed by atoms with E-state index in [1.807, 2.05) is 12.1 Å². The zero-order valence-electron chi connectivity index (χ0n) is 7.63. The highest BCUT2D eigenvalue weighted by atomic mass is 16.6. The summed E-state index contributed by atoms with van der Waals surface area (Å²) in [5, 5.41) is 0. The molecule has 0 amide bonds. The van der Waals surface area contributed by atoms with Crippen molar-refractivity contribution in [2.24, 2.45) is 0 Å². The van der Waals surface area contributed by atoms with E-state index >= 15 is 0 Å². The largest absolute Gasteiger partial charge is 0.276 e. The first-order chi connectivity index (χ1) is 5.83. The lowest BCUT2D eigenvalue weighted by molar-refractivity contribution is 0.194. The third kappa shape index (κ3) is 2.93. The van der Waals surface area contributed by atoms with Crippen molar-refractivity contribution in [2.45, 2.75) is 20.3 Å². The number of anilines is 1. The SMILES string of the molecule is CCCONc1cccc(C)c1. The van der Waals surface area contributed by atoms with E-state index in [1.165, 1.54) is 5.56 Å². The second kappa shape index (κ2) is 4.78. The molecule has 0 bridgehead atoms. The first-order valence-electron chi connectivity index (χ1n) is 4.27. The van der Waals surface area contributed by atoms with Gasteiger partial charge in [0.2, 0.25) is 0 Å². The molecule has 12 heavy (non-hydrogen) atoms. The normalized spacial score (nSPS) is 9.83. The quantitative estimate of drug-likeness (QED) is 0.547. The predicted octanol–water partition coefficient (Wildman–Crippen LogP) is 2.75. The summed E-state index contributed by atoms with van der Waals surface area (Å²) in [5.41, 5.74) is 5.14. The average Bonchev–Trinajstić information content (AvgIpc) is 2.05. The zero-order chi connectivity index (χ0) is 8.81. The number of hydrogen-bond donors (Lipinski definition) is 1. The standard InChI is InChI=1S/C10H15NO/c1-3-7-12-11-10-6-4-5-9(2)8-10/h4-6,8,11H,3,7H2,1-2H3. The second-order valence-corrected chi connectivity index (χ2v) is 2.82. The van der Waals surface area contributed by atoms with Gasteiger partial charge in [-0.1, -0.05) is 19.1 Å². The van der Waals surface area contributed by atoms with Crippen LogP contribution in [0.5, 0.6) is 0 Å². The molecule has 0 radical (unpaired) electrons. The first-order valence-corrected chi connectivity index (χ1v) is 4.27. The highest BCUT2D eigenvalue weighted by molar-refractivity contribution is 5.43. The van der Waals surface area contributed by atoms with Crippen molar-refractivity contribution in [1.29, 1.82) is 0 Å². The highest BCUT2D eigenvalue weighted by Crippen LogP contribution is 2.08. The molecular formula is C10H15NO. The van der Waals surface area contributed by atoms with E-state index in [2.05, 4.69) is 31.5 Å². The van der Waals surface area contributed by atoms with Crippen molar-refractivity contribution >= 4 is 5.69 Å². The third-order valence-electron chi connectivity index (χ3n) is 1.51. The summed E-state index contributed by atoms with van der Waals surface area (Å²) >= 11 is 0. The molecule has 66 valence electrons. The molecule has 0 aliphatic carbocycles. The molecule has 0 spiro atoms. The number of aryl methyl sites for hydroxylation is 1. The summed E-state index contributed by atoms with van der Waals surface area (Å²) in [4.78, 5) is 5.17. The molecule has 1 aromatic rings. The Balaban J connectivity index is 2.41. The van der Waals surface area contributed by atoms with Gasteiger partial charge in [-0.3, -0.25) is 10.3 Å². The minimum Gasteiger partial charge on any atom is -0.276 e. The Labute approximate surface area is 73.5 Å². The second-order valence-electron chi connectivity index (χ2n) is 2.82. The summed E-state index contributed by atoms with van der Waals surface area (Å²) in [5.74, 6) is 0. The topological polar surface area (TPSA) is 21.3 Å². The maximum atomic E-state index is 5.17. The molecule has 0 fully saturated rings. The molecule has 0 unspecified atom stereocenters. The van der Waals surface area contributed by atoms with Crippen LogP contribution in [0.1, 0.15) is 18.9 Å². The molecule has 0 aliphatic heterocycles. The molecule has 0 heterocycles. The molecule has 2 nitrogen and oxygen atoms in total. The molecule has 0 saturated heterocycles. The number of benzene rings is 1. The van der Waals surface area contributed by atoms with Gasteiger partial charge in [-0.15, -0.1) is 0 Å². The molecule has 0 saturated carbocycles. The van der Waals surface area contributed by atoms with Gasteiger partial charge < -0.3 is 0 Å². The summed E-state index contributed by atoms with van der Waals surface area (Å²) in [6.07, 6.45) is 1.03. The van der Waals surface area contributed by atoms with Gasteiger partial charge in [0.15, 0.2) is 0 Å². The van der Waals surface area contributed by atoms with Gasteiger partial charge in [-0.05, 0) is 31.0 Å². The fourth-order valence-corrected chi connectivity index (χ4v) is 0.945. The minimum atomic E-state index is 0.744. The van der Waals surface area contributed by atoms with Crippen LogP contribution in [0.15, 0.2) is 24.3 Å². The lowest BCUT2D eigenvalue weighted by Crippen LogP contribution is -2.01. The highest BCUT2D eigenvalue weighted by Gasteiger charge is 1.90. The van der Waals surface area contributed by atoms with Crippen molar-refractivity contribution in [1.82, 2.24) is 0 Å². The summed E-state index contributed by atoms with van der Waals surface area (Å²) in [7, 11) is 0. The van der Waals surface area contributed by atoms with E-state index in [0.717, 1.165) is 18.7 Å². The van der Waals surface area contributed by atoms with Crippen molar-refractivity contribution in [2.75, 3.05) is 12.1 Å². The van der Waals surface area contributed by atoms with Crippen LogP contribution in [-0.2, 0) is 4.84 Å². The molecule has 0 aliphatic rings. The smallest absolute Gasteiger partial charge is 0.0743 e. The van der Waals surface area contributed by atoms with Crippen LogP contribution in [0, 0.1) is 6.92 Å². The molecule has 0 aromatic heterocycles. The molecular weight excluding hydrogens is 150 g/mol. The van der Waals surface area contributed by atoms with Crippen molar-refractivity contribution < 1.29 is 4.84 Å². The van der Waals surface area contributed by atoms with Gasteiger partial charge in [0.1, 0.15) is 0 Å². The van der Waals surface area contributed by atoms with Crippen molar-refractivity contribution in [3.63, 3.8) is 0 Å². The van der Waals surface area contributed by atoms with Crippen LogP contribution in [0.25, 0.3) is 0 Å². The van der Waals surface area contributed by atoms with Gasteiger partial charge in [0.25, 0.3) is 0 Å². The van der Waals surface area contributed by atoms with E-state index in [4.69, 9.17) is 4.84 Å². The predicted molar refractivity (Wildman–Crippen MR) is 51.0 cm³/mol. The Bertz CT molecular complexity index is 235. The van der Waals surface area contributed by atoms with E-state index in [9.17, 15) is 0 Å². The fourth-order valence-electron chi connectivity index (χ4n) is 0.945. The molecule has 0 atom stereocenters. The number of nitrogens with one attached hydrogen (secondary N) is 1. The minimum absolute atomic E-state index is 0.744. The van der Waals surface area contributed by atoms with Gasteiger partial charge in [-0.2, -0.15) is 0 Å².